The summed E-state index contributed by atoms with van der Waals surface area (Å²) >= 11 is 1.83. The maximum absolute atomic E-state index is 6.07. The Labute approximate surface area is 99.4 Å². The summed E-state index contributed by atoms with van der Waals surface area (Å²) in [5, 5.41) is 6.07. The molecule has 0 fully saturated rings. The molecule has 1 N–H and O–H groups in total. The monoisotopic (exact) mass is 297 g/mol. The zero-order valence-electron chi connectivity index (χ0n) is 1.46. The van der Waals surface area contributed by atoms with Crippen LogP contribution in [0.15, 0.2) is 0 Å². The topological polar surface area (TPSA) is 23.9 Å². The van der Waals surface area contributed by atoms with Gasteiger partial charge in [0.1, 0.15) is 0 Å². The first-order chi connectivity index (χ1) is 1.41. The second-order valence-corrected chi connectivity index (χ2v) is 0.732. The summed E-state index contributed by atoms with van der Waals surface area (Å²) in [5.41, 5.74) is 0. The molecule has 0 radical (unpaired) electrons. The first kappa shape index (κ1) is 251. The van der Waals surface area contributed by atoms with Crippen molar-refractivity contribution >= 4 is 27.3 Å². The molecule has 0 heterocycles. The molecule has 0 aliphatic carbocycles. The Morgan fingerprint density at radius 3 is 0.583 bits per heavy atom. The van der Waals surface area contributed by atoms with Crippen molar-refractivity contribution in [1.29, 1.82) is 5.31 Å². The molecule has 0 aromatic carbocycles. The van der Waals surface area contributed by atoms with E-state index in [1.165, 1.54) is 4.93 Å². The van der Waals surface area contributed by atoms with Crippen LogP contribution >= 0.6 is 22.4 Å². The Kier molecular flexibility index (Phi) is 10700. The van der Waals surface area contributed by atoms with E-state index < -0.39 is 0 Å². The van der Waals surface area contributed by atoms with Gasteiger partial charge in [-0.05, 0) is 0 Å². The molecular formula is C9H37BIN. The molecule has 0 amide bonds. The summed E-state index contributed by atoms with van der Waals surface area (Å²) < 4.78 is 0. The Hall–Kier alpha value is 0.595. The van der Waals surface area contributed by atoms with Crippen LogP contribution in [0.5, 0.6) is 0 Å². The van der Waals surface area contributed by atoms with Gasteiger partial charge < -0.3 is 0 Å². The molecule has 0 atom stereocenters. The van der Waals surface area contributed by atoms with Gasteiger partial charge in [-0.15, -0.1) is 0 Å². The Balaban J connectivity index is -0.000000000556. The van der Waals surface area contributed by atoms with Gasteiger partial charge in [-0.25, -0.2) is 0 Å². The van der Waals surface area contributed by atoms with Gasteiger partial charge in [0.25, 0.3) is 0 Å². The molecule has 0 saturated heterocycles. The predicted octanol–water partition coefficient (Wildman–Crippen LogP) is 6.53. The van der Waals surface area contributed by atoms with Gasteiger partial charge in [0.05, 0.1) is 0 Å². The average Bonchev–Trinajstić information content (AvgIpc) is 0.918. The SMILES string of the molecule is C.C.C.C.C.C.C.C.C.N=BI. The average molecular weight is 297 g/mol. The molecule has 0 rings (SSSR count). The Morgan fingerprint density at radius 2 is 0.583 bits per heavy atom. The Morgan fingerprint density at radius 1 is 0.583 bits per heavy atom. The molecule has 0 bridgehead atoms. The van der Waals surface area contributed by atoms with E-state index >= 15 is 0 Å². The van der Waals surface area contributed by atoms with Gasteiger partial charge in [-0.1, -0.05) is 66.8 Å². The van der Waals surface area contributed by atoms with Crippen LogP contribution in [0.1, 0.15) is 66.8 Å². The summed E-state index contributed by atoms with van der Waals surface area (Å²) in [6, 6.07) is 0. The van der Waals surface area contributed by atoms with E-state index in [0.717, 1.165) is 0 Å². The van der Waals surface area contributed by atoms with Crippen molar-refractivity contribution < 1.29 is 0 Å². The van der Waals surface area contributed by atoms with Crippen LogP contribution in [0.2, 0.25) is 0 Å². The Bertz CT molecular complexity index is 22.0. The van der Waals surface area contributed by atoms with Crippen LogP contribution in [-0.4, -0.2) is 4.93 Å². The van der Waals surface area contributed by atoms with Crippen molar-refractivity contribution in [1.82, 2.24) is 0 Å². The van der Waals surface area contributed by atoms with Crippen LogP contribution in [0, 0.1) is 5.31 Å². The number of rotatable bonds is 0. The van der Waals surface area contributed by atoms with Crippen LogP contribution in [-0.2, 0) is 0 Å². The first-order valence-corrected chi connectivity index (χ1v) is 1.75. The van der Waals surface area contributed by atoms with Gasteiger partial charge in [0.15, 0.2) is 0 Å². The van der Waals surface area contributed by atoms with E-state index in [2.05, 4.69) is 0 Å². The third kappa shape index (κ3) is 2760. The van der Waals surface area contributed by atoms with Crippen LogP contribution in [0.25, 0.3) is 0 Å². The molecule has 0 saturated carbocycles. The van der Waals surface area contributed by atoms with E-state index in [1.54, 1.807) is 0 Å². The van der Waals surface area contributed by atoms with Crippen molar-refractivity contribution in [3.63, 3.8) is 0 Å². The van der Waals surface area contributed by atoms with Gasteiger partial charge in [0.2, 0.25) is 0 Å². The molecule has 0 aliphatic rings. The van der Waals surface area contributed by atoms with Crippen LogP contribution in [0.3, 0.4) is 0 Å². The normalized spacial score (nSPS) is 0.750. The van der Waals surface area contributed by atoms with Crippen molar-refractivity contribution in [3.8, 4) is 0 Å². The summed E-state index contributed by atoms with van der Waals surface area (Å²) in [6.07, 6.45) is 0. The van der Waals surface area contributed by atoms with E-state index in [0.29, 0.717) is 0 Å². The zero-order chi connectivity index (χ0) is 2.71. The van der Waals surface area contributed by atoms with E-state index in [1.807, 2.05) is 22.4 Å². The fourth-order valence-electron chi connectivity index (χ4n) is 0. The molecule has 0 aromatic heterocycles. The van der Waals surface area contributed by atoms with Crippen molar-refractivity contribution in [3.05, 3.63) is 0 Å². The molecule has 0 aliphatic heterocycles. The molecule has 12 heavy (non-hydrogen) atoms. The fraction of sp³-hybridized carbons (Fsp3) is 1.00. The molecule has 3 heteroatoms. The number of hydrogen-bond donors (Lipinski definition) is 1. The predicted molar refractivity (Wildman–Crippen MR) is 83.1 cm³/mol. The van der Waals surface area contributed by atoms with Crippen molar-refractivity contribution in [2.75, 3.05) is 0 Å². The van der Waals surface area contributed by atoms with Crippen LogP contribution in [0.4, 0.5) is 0 Å². The summed E-state index contributed by atoms with van der Waals surface area (Å²) in [6.45, 7) is 0. The molecule has 0 unspecified atom stereocenters. The fourth-order valence-corrected chi connectivity index (χ4v) is 0. The third-order valence-electron chi connectivity index (χ3n) is 0. The second kappa shape index (κ2) is 512. The minimum atomic E-state index is 0. The van der Waals surface area contributed by atoms with Gasteiger partial charge in [-0.3, -0.25) is 0 Å². The molecular weight excluding hydrogens is 260 g/mol. The second-order valence-electron chi connectivity index (χ2n) is 0.109. The number of nitrogens with one attached hydrogen (secondary N) is 1. The van der Waals surface area contributed by atoms with E-state index in [4.69, 9.17) is 5.31 Å². The van der Waals surface area contributed by atoms with Gasteiger partial charge in [-0.2, -0.15) is 0 Å². The van der Waals surface area contributed by atoms with Gasteiger partial charge >= 0.3 is 32.6 Å². The minimum absolute atomic E-state index is 0. The van der Waals surface area contributed by atoms with Gasteiger partial charge in [0, 0.05) is 0 Å². The van der Waals surface area contributed by atoms with Crippen molar-refractivity contribution in [2.24, 2.45) is 0 Å². The number of halogens is 1. The number of hydrogen-bond acceptors (Lipinski definition) is 1. The van der Waals surface area contributed by atoms with E-state index in [9.17, 15) is 0 Å². The zero-order valence-corrected chi connectivity index (χ0v) is 3.61. The summed E-state index contributed by atoms with van der Waals surface area (Å²) in [4.78, 5) is 1.22. The first-order valence-electron chi connectivity index (χ1n) is 0.507. The summed E-state index contributed by atoms with van der Waals surface area (Å²) in [7, 11) is 0. The maximum atomic E-state index is 6.07. The quantitative estimate of drug-likeness (QED) is 0.388. The standard InChI is InChI=1S/9CH4.BHIN/c;;;;;;;;;2-1-3/h9*1H4;3H. The molecule has 0 aromatic rings. The van der Waals surface area contributed by atoms with Crippen molar-refractivity contribution in [2.45, 2.75) is 66.8 Å². The molecule has 1 nitrogen and oxygen atoms in total. The molecule has 88 valence electrons. The van der Waals surface area contributed by atoms with E-state index in [-0.39, 0.29) is 66.8 Å². The molecule has 0 spiro atoms. The van der Waals surface area contributed by atoms with Crippen LogP contribution < -0.4 is 0 Å². The third-order valence-corrected chi connectivity index (χ3v) is 0. The summed E-state index contributed by atoms with van der Waals surface area (Å²) in [5.74, 6) is 0.